The summed E-state index contributed by atoms with van der Waals surface area (Å²) < 4.78 is 59.2. The Morgan fingerprint density at radius 3 is 0.949 bits per heavy atom. The Morgan fingerprint density at radius 2 is 0.718 bits per heavy atom. The van der Waals surface area contributed by atoms with Gasteiger partial charge >= 0.3 is 50.1 Å². The molecule has 0 aromatic heterocycles. The van der Waals surface area contributed by atoms with Gasteiger partial charge in [-0.1, -0.05) is 91.0 Å². The number of hydrogen-bond donors (Lipinski definition) is 0. The zero-order valence-corrected chi connectivity index (χ0v) is 22.8. The Labute approximate surface area is 235 Å². The van der Waals surface area contributed by atoms with Crippen molar-refractivity contribution < 1.29 is 42.3 Å². The zero-order valence-electron chi connectivity index (χ0n) is 20.9. The van der Waals surface area contributed by atoms with E-state index in [1.165, 1.54) is 0 Å². The topological polar surface area (TPSA) is 40.3 Å². The Hall–Kier alpha value is -2.84. The number of hydrogen-bond acceptors (Lipinski definition) is 4. The van der Waals surface area contributed by atoms with Crippen LogP contribution in [-0.4, -0.2) is 62.8 Å². The predicted molar refractivity (Wildman–Crippen MR) is 147 cm³/mol. The van der Waals surface area contributed by atoms with Crippen LogP contribution in [0.4, 0.5) is 25.2 Å². The number of benzene rings is 3. The van der Waals surface area contributed by atoms with Crippen molar-refractivity contribution in [2.24, 2.45) is 15.0 Å². The predicted octanol–water partition coefficient (Wildman–Crippen LogP) is 8.03. The van der Waals surface area contributed by atoms with Crippen molar-refractivity contribution in [2.75, 3.05) is 39.3 Å². The minimum absolute atomic E-state index is 0. The molecule has 3 aromatic rings. The molecule has 0 fully saturated rings. The van der Waals surface area contributed by atoms with E-state index in [1.807, 2.05) is 73.2 Å². The molecule has 0 N–H and O–H groups in total. The van der Waals surface area contributed by atoms with Crippen molar-refractivity contribution in [1.29, 1.82) is 0 Å². The smallest absolute Gasteiger partial charge is 2.00 e. The van der Waals surface area contributed by atoms with Crippen LogP contribution in [0.1, 0.15) is 16.7 Å². The molecule has 0 spiro atoms. The molecule has 0 amide bonds. The number of rotatable bonds is 12. The van der Waals surface area contributed by atoms with Crippen LogP contribution in [0.5, 0.6) is 0 Å². The second-order valence-corrected chi connectivity index (χ2v) is 10.1. The van der Waals surface area contributed by atoms with Crippen molar-refractivity contribution in [3.8, 4) is 0 Å². The zero-order chi connectivity index (χ0) is 27.8. The molecule has 39 heavy (non-hydrogen) atoms. The summed E-state index contributed by atoms with van der Waals surface area (Å²) in [7, 11) is -10.7. The molecule has 215 valence electrons. The fraction of sp³-hybridized carbons (Fsp3) is 0.222. The van der Waals surface area contributed by atoms with Crippen LogP contribution in [0.2, 0.25) is 0 Å². The Kier molecular flexibility index (Phi) is 13.7. The first kappa shape index (κ1) is 34.2. The van der Waals surface area contributed by atoms with Crippen LogP contribution in [0.3, 0.4) is 0 Å². The molecule has 0 aliphatic heterocycles. The van der Waals surface area contributed by atoms with Crippen LogP contribution in [-0.2, 0) is 17.1 Å². The minimum Gasteiger partial charge on any atom is 2.00 e. The average Bonchev–Trinajstić information content (AvgIpc) is 2.86. The third-order valence-electron chi connectivity index (χ3n) is 4.76. The van der Waals surface area contributed by atoms with Gasteiger partial charge < -0.3 is 0 Å². The maximum absolute atomic E-state index is 10.7. The standard InChI is InChI=1S/C27H30N4.Cu.F6P/c1-4-10-25(11-5-1)22-28-16-19-31(20-17-29-23-26-12-6-2-7-13-26)21-18-30-24-27-14-8-3-9-15-27;;1-7(2,3,4,5)6/h1-15,22-24H,16-21H2;;/q;+2;-1. The molecule has 0 saturated heterocycles. The summed E-state index contributed by atoms with van der Waals surface area (Å²) in [5.41, 5.74) is 3.40. The maximum Gasteiger partial charge on any atom is 2.00 e. The van der Waals surface area contributed by atoms with Gasteiger partial charge in [0, 0.05) is 38.3 Å². The van der Waals surface area contributed by atoms with Crippen molar-refractivity contribution in [1.82, 2.24) is 4.90 Å². The maximum atomic E-state index is 9.87. The first-order chi connectivity index (χ1) is 17.8. The summed E-state index contributed by atoms with van der Waals surface area (Å²) in [6.45, 7) is 4.97. The van der Waals surface area contributed by atoms with Crippen molar-refractivity contribution in [3.63, 3.8) is 0 Å². The Balaban J connectivity index is 0.000000841. The Bertz CT molecular complexity index is 1020. The molecule has 3 aromatic carbocycles. The van der Waals surface area contributed by atoms with E-state index in [1.54, 1.807) is 0 Å². The first-order valence-electron chi connectivity index (χ1n) is 11.8. The summed E-state index contributed by atoms with van der Waals surface area (Å²) in [5.74, 6) is 0. The van der Waals surface area contributed by atoms with Gasteiger partial charge in [0.25, 0.3) is 0 Å². The molecular formula is C27H30CuF6N4P+. The SMILES string of the molecule is C(=NCCN(CCN=Cc1ccccc1)CCN=Cc1ccccc1)c1ccccc1.F[P-](F)(F)(F)(F)F.[Cu+2]. The fourth-order valence-corrected chi connectivity index (χ4v) is 3.06. The minimum atomic E-state index is -10.7. The van der Waals surface area contributed by atoms with E-state index in [4.69, 9.17) is 0 Å². The third-order valence-corrected chi connectivity index (χ3v) is 4.76. The molecule has 0 aliphatic carbocycles. The molecule has 4 nitrogen and oxygen atoms in total. The van der Waals surface area contributed by atoms with Crippen molar-refractivity contribution in [2.45, 2.75) is 0 Å². The van der Waals surface area contributed by atoms with Gasteiger partial charge in [-0.2, -0.15) is 0 Å². The monoisotopic (exact) mass is 618 g/mol. The summed E-state index contributed by atoms with van der Waals surface area (Å²) >= 11 is 0. The van der Waals surface area contributed by atoms with E-state index in [0.717, 1.165) is 56.0 Å². The Morgan fingerprint density at radius 1 is 0.487 bits per heavy atom. The third kappa shape index (κ3) is 21.8. The quantitative estimate of drug-likeness (QED) is 0.0877. The summed E-state index contributed by atoms with van der Waals surface area (Å²) in [4.78, 5) is 16.2. The molecule has 3 rings (SSSR count). The second kappa shape index (κ2) is 15.7. The number of halogens is 6. The van der Waals surface area contributed by atoms with Crippen molar-refractivity contribution in [3.05, 3.63) is 108 Å². The molecule has 1 radical (unpaired) electrons. The fourth-order valence-electron chi connectivity index (χ4n) is 3.06. The second-order valence-electron chi connectivity index (χ2n) is 8.14. The molecule has 0 atom stereocenters. The largest absolute Gasteiger partial charge is 2.00 e. The average molecular weight is 619 g/mol. The summed E-state index contributed by atoms with van der Waals surface area (Å²) in [6, 6.07) is 30.6. The van der Waals surface area contributed by atoms with E-state index in [9.17, 15) is 25.2 Å². The van der Waals surface area contributed by atoms with E-state index in [0.29, 0.717) is 0 Å². The molecular weight excluding hydrogens is 589 g/mol. The van der Waals surface area contributed by atoms with E-state index in [-0.39, 0.29) is 17.1 Å². The van der Waals surface area contributed by atoms with E-state index < -0.39 is 7.81 Å². The van der Waals surface area contributed by atoms with Gasteiger partial charge in [0.15, 0.2) is 0 Å². The molecule has 12 heteroatoms. The number of aliphatic imine (C=N–C) groups is 3. The van der Waals surface area contributed by atoms with Gasteiger partial charge in [-0.3, -0.25) is 19.9 Å². The van der Waals surface area contributed by atoms with Gasteiger partial charge in [0.1, 0.15) is 0 Å². The molecule has 0 heterocycles. The molecule has 0 bridgehead atoms. The van der Waals surface area contributed by atoms with E-state index in [2.05, 4.69) is 56.3 Å². The molecule has 0 saturated carbocycles. The summed E-state index contributed by atoms with van der Waals surface area (Å²) in [6.07, 6.45) is 5.83. The molecule has 0 aliphatic rings. The van der Waals surface area contributed by atoms with Crippen LogP contribution < -0.4 is 0 Å². The van der Waals surface area contributed by atoms with Crippen molar-refractivity contribution >= 4 is 26.5 Å². The number of nitrogens with zero attached hydrogens (tertiary/aromatic N) is 4. The van der Waals surface area contributed by atoms with Gasteiger partial charge in [0.2, 0.25) is 0 Å². The normalized spacial score (nSPS) is 13.6. The van der Waals surface area contributed by atoms with Gasteiger partial charge in [-0.25, -0.2) is 0 Å². The van der Waals surface area contributed by atoms with Crippen LogP contribution in [0, 0.1) is 0 Å². The van der Waals surface area contributed by atoms with Crippen LogP contribution in [0.15, 0.2) is 106 Å². The van der Waals surface area contributed by atoms with E-state index >= 15 is 0 Å². The first-order valence-corrected chi connectivity index (χ1v) is 13.8. The van der Waals surface area contributed by atoms with Gasteiger partial charge in [-0.15, -0.1) is 0 Å². The van der Waals surface area contributed by atoms with Gasteiger partial charge in [0.05, 0.1) is 19.6 Å². The summed E-state index contributed by atoms with van der Waals surface area (Å²) in [5, 5.41) is 0. The molecule has 0 unspecified atom stereocenters. The van der Waals surface area contributed by atoms with Gasteiger partial charge in [-0.05, 0) is 16.7 Å². The van der Waals surface area contributed by atoms with Crippen LogP contribution >= 0.6 is 7.81 Å². The van der Waals surface area contributed by atoms with Crippen LogP contribution in [0.25, 0.3) is 0 Å².